The van der Waals surface area contributed by atoms with E-state index in [1.54, 1.807) is 10.7 Å². The summed E-state index contributed by atoms with van der Waals surface area (Å²) in [4.78, 5) is 0. The van der Waals surface area contributed by atoms with E-state index in [1.165, 1.54) is 20.2 Å². The van der Waals surface area contributed by atoms with E-state index in [1.807, 2.05) is 19.3 Å². The van der Waals surface area contributed by atoms with Gasteiger partial charge in [-0.3, -0.25) is 4.68 Å². The Morgan fingerprint density at radius 3 is 2.65 bits per heavy atom. The maximum atomic E-state index is 11.8. The molecule has 0 saturated carbocycles. The summed E-state index contributed by atoms with van der Waals surface area (Å²) < 4.78 is 31.9. The number of sulfonamides is 1. The third-order valence-electron chi connectivity index (χ3n) is 2.75. The van der Waals surface area contributed by atoms with E-state index in [2.05, 4.69) is 10.4 Å². The van der Waals surface area contributed by atoms with Crippen LogP contribution < -0.4 is 5.32 Å². The van der Waals surface area contributed by atoms with E-state index in [9.17, 15) is 8.42 Å². The second-order valence-electron chi connectivity index (χ2n) is 4.59. The normalized spacial score (nSPS) is 12.2. The first-order valence-corrected chi connectivity index (χ1v) is 7.54. The summed E-state index contributed by atoms with van der Waals surface area (Å²) in [7, 11) is 1.29. The van der Waals surface area contributed by atoms with Crippen LogP contribution in [-0.2, 0) is 30.2 Å². The standard InChI is InChI=1S/C12H18N4O3S/c1-15(2)20(17,18)12-5-4-11(19-12)9-13-8-10-6-7-16(3)14-10/h4-7,13H,8-9H2,1-3H3. The van der Waals surface area contributed by atoms with Crippen molar-refractivity contribution in [3.63, 3.8) is 0 Å². The van der Waals surface area contributed by atoms with Crippen molar-refractivity contribution in [2.45, 2.75) is 18.2 Å². The van der Waals surface area contributed by atoms with Crippen LogP contribution in [-0.4, -0.2) is 36.6 Å². The topological polar surface area (TPSA) is 80.4 Å². The highest BCUT2D eigenvalue weighted by Gasteiger charge is 2.21. The van der Waals surface area contributed by atoms with Crippen molar-refractivity contribution in [2.24, 2.45) is 7.05 Å². The van der Waals surface area contributed by atoms with Crippen molar-refractivity contribution in [3.05, 3.63) is 35.9 Å². The summed E-state index contributed by atoms with van der Waals surface area (Å²) in [6, 6.07) is 5.03. The van der Waals surface area contributed by atoms with Gasteiger partial charge >= 0.3 is 0 Å². The SMILES string of the molecule is CN(C)S(=O)(=O)c1ccc(CNCc2ccn(C)n2)o1. The van der Waals surface area contributed by atoms with Crippen molar-refractivity contribution in [1.29, 1.82) is 0 Å². The number of hydrogen-bond acceptors (Lipinski definition) is 5. The Hall–Kier alpha value is -1.64. The van der Waals surface area contributed by atoms with Crippen LogP contribution in [0, 0.1) is 0 Å². The van der Waals surface area contributed by atoms with E-state index in [0.29, 0.717) is 18.8 Å². The predicted molar refractivity (Wildman–Crippen MR) is 73.3 cm³/mol. The van der Waals surface area contributed by atoms with Gasteiger partial charge in [0.25, 0.3) is 10.0 Å². The fourth-order valence-corrected chi connectivity index (χ4v) is 2.46. The van der Waals surface area contributed by atoms with Crippen LogP contribution >= 0.6 is 0 Å². The summed E-state index contributed by atoms with van der Waals surface area (Å²) in [5.74, 6) is 0.571. The molecule has 8 heteroatoms. The highest BCUT2D eigenvalue weighted by molar-refractivity contribution is 7.88. The highest BCUT2D eigenvalue weighted by Crippen LogP contribution is 2.16. The molecular weight excluding hydrogens is 280 g/mol. The number of hydrogen-bond donors (Lipinski definition) is 1. The molecule has 0 atom stereocenters. The van der Waals surface area contributed by atoms with E-state index in [-0.39, 0.29) is 5.09 Å². The molecule has 0 fully saturated rings. The molecular formula is C12H18N4O3S. The van der Waals surface area contributed by atoms with Gasteiger partial charge in [0.05, 0.1) is 12.2 Å². The highest BCUT2D eigenvalue weighted by atomic mass is 32.2. The quantitative estimate of drug-likeness (QED) is 0.842. The summed E-state index contributed by atoms with van der Waals surface area (Å²) in [5, 5.41) is 7.33. The molecule has 2 aromatic rings. The van der Waals surface area contributed by atoms with E-state index >= 15 is 0 Å². The number of nitrogens with one attached hydrogen (secondary N) is 1. The fraction of sp³-hybridized carbons (Fsp3) is 0.417. The second-order valence-corrected chi connectivity index (χ2v) is 6.68. The lowest BCUT2D eigenvalue weighted by Gasteiger charge is -2.07. The van der Waals surface area contributed by atoms with Crippen LogP contribution in [0.4, 0.5) is 0 Å². The first-order chi connectivity index (χ1) is 9.39. The van der Waals surface area contributed by atoms with Gasteiger partial charge in [-0.25, -0.2) is 12.7 Å². The van der Waals surface area contributed by atoms with Crippen LogP contribution in [0.2, 0.25) is 0 Å². The zero-order valence-electron chi connectivity index (χ0n) is 11.7. The number of furan rings is 1. The number of aromatic nitrogens is 2. The zero-order valence-corrected chi connectivity index (χ0v) is 12.5. The Bertz CT molecular complexity index is 672. The van der Waals surface area contributed by atoms with Gasteiger partial charge in [0.2, 0.25) is 5.09 Å². The van der Waals surface area contributed by atoms with Gasteiger partial charge in [-0.05, 0) is 18.2 Å². The first kappa shape index (κ1) is 14.8. The van der Waals surface area contributed by atoms with Gasteiger partial charge in [0.1, 0.15) is 5.76 Å². The lowest BCUT2D eigenvalue weighted by molar-refractivity contribution is 0.388. The van der Waals surface area contributed by atoms with Gasteiger partial charge in [0.15, 0.2) is 0 Å². The van der Waals surface area contributed by atoms with Crippen molar-refractivity contribution in [1.82, 2.24) is 19.4 Å². The third-order valence-corrected chi connectivity index (χ3v) is 4.44. The Labute approximate surface area is 118 Å². The summed E-state index contributed by atoms with van der Waals surface area (Å²) >= 11 is 0. The average molecular weight is 298 g/mol. The molecule has 0 bridgehead atoms. The fourth-order valence-electron chi connectivity index (χ4n) is 1.64. The summed E-state index contributed by atoms with van der Waals surface area (Å²) in [6.45, 7) is 1.04. The maximum Gasteiger partial charge on any atom is 0.275 e. The Kier molecular flexibility index (Phi) is 4.26. The molecule has 0 aromatic carbocycles. The molecule has 0 unspecified atom stereocenters. The van der Waals surface area contributed by atoms with Crippen LogP contribution in [0.3, 0.4) is 0 Å². The third kappa shape index (κ3) is 3.27. The molecule has 7 nitrogen and oxygen atoms in total. The van der Waals surface area contributed by atoms with Gasteiger partial charge in [0, 0.05) is 33.9 Å². The number of rotatable bonds is 6. The van der Waals surface area contributed by atoms with Gasteiger partial charge in [-0.2, -0.15) is 5.10 Å². The molecule has 2 rings (SSSR count). The largest absolute Gasteiger partial charge is 0.447 e. The molecule has 110 valence electrons. The van der Waals surface area contributed by atoms with Crippen LogP contribution in [0.1, 0.15) is 11.5 Å². The van der Waals surface area contributed by atoms with E-state index < -0.39 is 10.0 Å². The maximum absolute atomic E-state index is 11.8. The molecule has 0 saturated heterocycles. The first-order valence-electron chi connectivity index (χ1n) is 6.10. The molecule has 0 aliphatic heterocycles. The van der Waals surface area contributed by atoms with Gasteiger partial charge in [-0.1, -0.05) is 0 Å². The Morgan fingerprint density at radius 2 is 2.05 bits per heavy atom. The summed E-state index contributed by atoms with van der Waals surface area (Å²) in [6.07, 6.45) is 1.87. The minimum atomic E-state index is -3.51. The van der Waals surface area contributed by atoms with Gasteiger partial charge in [-0.15, -0.1) is 0 Å². The molecule has 0 amide bonds. The molecule has 20 heavy (non-hydrogen) atoms. The Morgan fingerprint density at radius 1 is 1.30 bits per heavy atom. The van der Waals surface area contributed by atoms with Crippen LogP contribution in [0.15, 0.2) is 33.9 Å². The average Bonchev–Trinajstić information content (AvgIpc) is 2.99. The van der Waals surface area contributed by atoms with Crippen LogP contribution in [0.25, 0.3) is 0 Å². The van der Waals surface area contributed by atoms with Crippen molar-refractivity contribution in [3.8, 4) is 0 Å². The minimum absolute atomic E-state index is 0.0443. The van der Waals surface area contributed by atoms with Crippen LogP contribution in [0.5, 0.6) is 0 Å². The van der Waals surface area contributed by atoms with E-state index in [0.717, 1.165) is 10.00 Å². The van der Waals surface area contributed by atoms with Gasteiger partial charge < -0.3 is 9.73 Å². The summed E-state index contributed by atoms with van der Waals surface area (Å²) in [5.41, 5.74) is 0.917. The minimum Gasteiger partial charge on any atom is -0.447 e. The molecule has 1 N–H and O–H groups in total. The van der Waals surface area contributed by atoms with E-state index in [4.69, 9.17) is 4.42 Å². The zero-order chi connectivity index (χ0) is 14.8. The second kappa shape index (κ2) is 5.78. The lowest BCUT2D eigenvalue weighted by Crippen LogP contribution is -2.21. The van der Waals surface area contributed by atoms with Crippen molar-refractivity contribution >= 4 is 10.0 Å². The molecule has 2 heterocycles. The Balaban J connectivity index is 1.93. The lowest BCUT2D eigenvalue weighted by atomic mass is 10.4. The van der Waals surface area contributed by atoms with Crippen molar-refractivity contribution in [2.75, 3.05) is 14.1 Å². The molecule has 0 radical (unpaired) electrons. The predicted octanol–water partition coefficient (Wildman–Crippen LogP) is 0.553. The number of aryl methyl sites for hydroxylation is 1. The monoisotopic (exact) mass is 298 g/mol. The van der Waals surface area contributed by atoms with Crippen molar-refractivity contribution < 1.29 is 12.8 Å². The smallest absolute Gasteiger partial charge is 0.275 e. The molecule has 0 aliphatic rings. The molecule has 2 aromatic heterocycles. The number of nitrogens with zero attached hydrogens (tertiary/aromatic N) is 3. The molecule has 0 aliphatic carbocycles. The molecule has 0 spiro atoms.